The fraction of sp³-hybridized carbons (Fsp3) is 0.231. The van der Waals surface area contributed by atoms with Gasteiger partial charge in [0, 0.05) is 18.6 Å². The molecule has 0 bridgehead atoms. The van der Waals surface area contributed by atoms with Crippen molar-refractivity contribution in [3.05, 3.63) is 89.4 Å². The number of halogens is 1. The number of para-hydroxylation sites is 1. The molecule has 1 atom stereocenters. The van der Waals surface area contributed by atoms with E-state index in [0.717, 1.165) is 9.87 Å². The monoisotopic (exact) mass is 529 g/mol. The van der Waals surface area contributed by atoms with Gasteiger partial charge in [0.15, 0.2) is 0 Å². The molecule has 3 rings (SSSR count). The number of methoxy groups -OCH3 is 1. The van der Waals surface area contributed by atoms with E-state index in [-0.39, 0.29) is 17.3 Å². The van der Waals surface area contributed by atoms with Crippen LogP contribution < -0.4 is 14.4 Å². The average Bonchev–Trinajstić information content (AvgIpc) is 2.90. The van der Waals surface area contributed by atoms with Crippen LogP contribution in [-0.4, -0.2) is 51.9 Å². The van der Waals surface area contributed by atoms with E-state index in [9.17, 15) is 18.0 Å². The zero-order valence-electron chi connectivity index (χ0n) is 20.2. The minimum atomic E-state index is -4.13. The molecule has 0 radical (unpaired) electrons. The van der Waals surface area contributed by atoms with Crippen molar-refractivity contribution < 1.29 is 22.7 Å². The third kappa shape index (κ3) is 6.35. The molecule has 0 saturated heterocycles. The quantitative estimate of drug-likeness (QED) is 0.432. The van der Waals surface area contributed by atoms with Crippen LogP contribution in [-0.2, 0) is 26.2 Å². The largest absolute Gasteiger partial charge is 0.497 e. The Labute approximate surface area is 216 Å². The van der Waals surface area contributed by atoms with Crippen molar-refractivity contribution in [2.45, 2.75) is 24.4 Å². The van der Waals surface area contributed by atoms with Gasteiger partial charge >= 0.3 is 0 Å². The number of nitrogens with zero attached hydrogens (tertiary/aromatic N) is 2. The summed E-state index contributed by atoms with van der Waals surface area (Å²) >= 11 is 5.98. The van der Waals surface area contributed by atoms with Gasteiger partial charge in [-0.1, -0.05) is 41.9 Å². The number of hydrogen-bond acceptors (Lipinski definition) is 5. The highest BCUT2D eigenvalue weighted by molar-refractivity contribution is 7.92. The van der Waals surface area contributed by atoms with Gasteiger partial charge < -0.3 is 15.0 Å². The maximum atomic E-state index is 13.7. The summed E-state index contributed by atoms with van der Waals surface area (Å²) in [4.78, 5) is 27.5. The van der Waals surface area contributed by atoms with Crippen molar-refractivity contribution >= 4 is 39.1 Å². The van der Waals surface area contributed by atoms with Crippen LogP contribution in [0, 0.1) is 0 Å². The van der Waals surface area contributed by atoms with Crippen molar-refractivity contribution in [1.82, 2.24) is 10.2 Å². The summed E-state index contributed by atoms with van der Waals surface area (Å²) in [5.74, 6) is -0.409. The molecule has 10 heteroatoms. The van der Waals surface area contributed by atoms with Crippen molar-refractivity contribution in [2.24, 2.45) is 0 Å². The lowest BCUT2D eigenvalue weighted by Crippen LogP contribution is -2.50. The molecular weight excluding hydrogens is 502 g/mol. The van der Waals surface area contributed by atoms with E-state index in [1.54, 1.807) is 73.7 Å². The Morgan fingerprint density at radius 1 is 0.972 bits per heavy atom. The molecule has 0 fully saturated rings. The van der Waals surface area contributed by atoms with E-state index in [1.807, 2.05) is 0 Å². The molecule has 0 aliphatic rings. The number of nitrogens with one attached hydrogen (secondary N) is 1. The van der Waals surface area contributed by atoms with Crippen LogP contribution in [0.25, 0.3) is 0 Å². The maximum absolute atomic E-state index is 13.7. The number of amides is 2. The van der Waals surface area contributed by atoms with Crippen LogP contribution in [0.5, 0.6) is 5.75 Å². The van der Waals surface area contributed by atoms with Gasteiger partial charge in [0.2, 0.25) is 11.8 Å². The van der Waals surface area contributed by atoms with E-state index < -0.39 is 28.5 Å². The van der Waals surface area contributed by atoms with E-state index >= 15 is 0 Å². The van der Waals surface area contributed by atoms with Crippen molar-refractivity contribution in [3.8, 4) is 5.75 Å². The predicted octanol–water partition coefficient (Wildman–Crippen LogP) is 3.71. The number of likely N-dealkylation sites (N-methyl/N-ethyl adjacent to an activating group) is 1. The van der Waals surface area contributed by atoms with E-state index in [4.69, 9.17) is 16.3 Å². The van der Waals surface area contributed by atoms with Gasteiger partial charge in [-0.05, 0) is 61.0 Å². The van der Waals surface area contributed by atoms with Crippen LogP contribution in [0.3, 0.4) is 0 Å². The second-order valence-corrected chi connectivity index (χ2v) is 10.3. The Bertz CT molecular complexity index is 1280. The molecule has 0 aliphatic carbocycles. The van der Waals surface area contributed by atoms with Crippen molar-refractivity contribution in [1.29, 1.82) is 0 Å². The number of rotatable bonds is 10. The molecular formula is C26H28ClN3O5S. The molecule has 2 amide bonds. The third-order valence-electron chi connectivity index (χ3n) is 5.65. The molecule has 3 aromatic carbocycles. The first kappa shape index (κ1) is 27.0. The lowest BCUT2D eigenvalue weighted by Gasteiger charge is -2.31. The lowest BCUT2D eigenvalue weighted by molar-refractivity contribution is -0.139. The number of ether oxygens (including phenoxy) is 1. The summed E-state index contributed by atoms with van der Waals surface area (Å²) < 4.78 is 33.5. The van der Waals surface area contributed by atoms with Crippen molar-refractivity contribution in [2.75, 3.05) is 25.0 Å². The molecule has 190 valence electrons. The highest BCUT2D eigenvalue weighted by Crippen LogP contribution is 2.26. The minimum Gasteiger partial charge on any atom is -0.497 e. The second kappa shape index (κ2) is 11.9. The zero-order valence-corrected chi connectivity index (χ0v) is 21.8. The Kier molecular flexibility index (Phi) is 8.95. The molecule has 36 heavy (non-hydrogen) atoms. The summed E-state index contributed by atoms with van der Waals surface area (Å²) in [6.07, 6.45) is 0. The van der Waals surface area contributed by atoms with Gasteiger partial charge in [-0.3, -0.25) is 13.9 Å². The fourth-order valence-electron chi connectivity index (χ4n) is 3.58. The summed E-state index contributed by atoms with van der Waals surface area (Å²) in [6, 6.07) is 20.3. The summed E-state index contributed by atoms with van der Waals surface area (Å²) in [5, 5.41) is 3.09. The molecule has 1 N–H and O–H groups in total. The van der Waals surface area contributed by atoms with E-state index in [0.29, 0.717) is 16.5 Å². The normalized spacial score (nSPS) is 11.9. The minimum absolute atomic E-state index is 0.00329. The van der Waals surface area contributed by atoms with E-state index in [1.165, 1.54) is 31.2 Å². The Morgan fingerprint density at radius 3 is 2.14 bits per heavy atom. The number of hydrogen-bond donors (Lipinski definition) is 1. The first-order chi connectivity index (χ1) is 17.2. The number of carbonyl (C=O) groups excluding carboxylic acids is 2. The van der Waals surface area contributed by atoms with Crippen LogP contribution in [0.15, 0.2) is 83.8 Å². The molecule has 0 aromatic heterocycles. The van der Waals surface area contributed by atoms with Crippen LogP contribution >= 0.6 is 11.6 Å². The molecule has 0 spiro atoms. The second-order valence-electron chi connectivity index (χ2n) is 7.96. The SMILES string of the molecule is CNC(=O)[C@H](C)N(Cc1ccc(Cl)cc1)C(=O)CN(c1ccccc1)S(=O)(=O)c1ccc(OC)cc1. The summed E-state index contributed by atoms with van der Waals surface area (Å²) in [7, 11) is -1.16. The molecule has 0 heterocycles. The first-order valence-corrected chi connectivity index (χ1v) is 13.0. The third-order valence-corrected chi connectivity index (χ3v) is 7.69. The zero-order chi connectivity index (χ0) is 26.3. The molecule has 8 nitrogen and oxygen atoms in total. The topological polar surface area (TPSA) is 96.0 Å². The number of carbonyl (C=O) groups is 2. The van der Waals surface area contributed by atoms with Gasteiger partial charge in [-0.15, -0.1) is 0 Å². The summed E-state index contributed by atoms with van der Waals surface area (Å²) in [5.41, 5.74) is 1.06. The lowest BCUT2D eigenvalue weighted by atomic mass is 10.1. The van der Waals surface area contributed by atoms with Gasteiger partial charge in [0.05, 0.1) is 17.7 Å². The Morgan fingerprint density at radius 2 is 1.58 bits per heavy atom. The van der Waals surface area contributed by atoms with Gasteiger partial charge in [-0.2, -0.15) is 0 Å². The highest BCUT2D eigenvalue weighted by atomic mass is 35.5. The molecule has 0 saturated carbocycles. The smallest absolute Gasteiger partial charge is 0.264 e. The van der Waals surface area contributed by atoms with Crippen molar-refractivity contribution in [3.63, 3.8) is 0 Å². The number of sulfonamides is 1. The van der Waals surface area contributed by atoms with Crippen LogP contribution in [0.4, 0.5) is 5.69 Å². The van der Waals surface area contributed by atoms with Gasteiger partial charge in [0.25, 0.3) is 10.0 Å². The summed E-state index contributed by atoms with van der Waals surface area (Å²) in [6.45, 7) is 1.18. The van der Waals surface area contributed by atoms with Crippen LogP contribution in [0.1, 0.15) is 12.5 Å². The highest BCUT2D eigenvalue weighted by Gasteiger charge is 2.32. The molecule has 0 aliphatic heterocycles. The standard InChI is InChI=1S/C26H28ClN3O5S/c1-19(26(32)28-2)29(17-20-9-11-21(27)12-10-20)25(31)18-30(22-7-5-4-6-8-22)36(33,34)24-15-13-23(35-3)14-16-24/h4-16,19H,17-18H2,1-3H3,(H,28,32)/t19-/m0/s1. The van der Waals surface area contributed by atoms with Crippen LogP contribution in [0.2, 0.25) is 5.02 Å². The predicted molar refractivity (Wildman–Crippen MR) is 139 cm³/mol. The maximum Gasteiger partial charge on any atom is 0.264 e. The average molecular weight is 530 g/mol. The first-order valence-electron chi connectivity index (χ1n) is 11.1. The Hall–Kier alpha value is -3.56. The van der Waals surface area contributed by atoms with Gasteiger partial charge in [-0.25, -0.2) is 8.42 Å². The number of benzene rings is 3. The fourth-order valence-corrected chi connectivity index (χ4v) is 5.12. The number of anilines is 1. The van der Waals surface area contributed by atoms with Gasteiger partial charge in [0.1, 0.15) is 18.3 Å². The van der Waals surface area contributed by atoms with E-state index in [2.05, 4.69) is 5.32 Å². The Balaban J connectivity index is 1.99. The molecule has 3 aromatic rings. The molecule has 0 unspecified atom stereocenters.